The summed E-state index contributed by atoms with van der Waals surface area (Å²) < 4.78 is 3.57. The Morgan fingerprint density at radius 2 is 2.35 bits per heavy atom. The lowest BCUT2D eigenvalue weighted by Crippen LogP contribution is -2.18. The van der Waals surface area contributed by atoms with Crippen LogP contribution in [-0.2, 0) is 4.79 Å². The normalized spacial score (nSPS) is 12.1. The van der Waals surface area contributed by atoms with E-state index in [9.17, 15) is 4.79 Å². The summed E-state index contributed by atoms with van der Waals surface area (Å²) in [4.78, 5) is 11.9. The summed E-state index contributed by atoms with van der Waals surface area (Å²) in [6.07, 6.45) is 0. The van der Waals surface area contributed by atoms with Crippen LogP contribution in [0.2, 0.25) is 0 Å². The SMILES string of the molecule is CC(C(=O)Nc1nnns1)c1cccc(N)c1. The Balaban J connectivity index is 2.09. The lowest BCUT2D eigenvalue weighted by Gasteiger charge is -2.10. The number of anilines is 2. The number of rotatable bonds is 3. The summed E-state index contributed by atoms with van der Waals surface area (Å²) in [6.45, 7) is 1.80. The van der Waals surface area contributed by atoms with Gasteiger partial charge in [0.25, 0.3) is 0 Å². The number of hydrogen-bond acceptors (Lipinski definition) is 6. The highest BCUT2D eigenvalue weighted by molar-refractivity contribution is 7.09. The van der Waals surface area contributed by atoms with Gasteiger partial charge in [0.15, 0.2) is 0 Å². The largest absolute Gasteiger partial charge is 0.399 e. The number of nitrogens with one attached hydrogen (secondary N) is 1. The molecule has 1 heterocycles. The van der Waals surface area contributed by atoms with E-state index >= 15 is 0 Å². The van der Waals surface area contributed by atoms with Crippen molar-refractivity contribution in [3.05, 3.63) is 29.8 Å². The number of amides is 1. The van der Waals surface area contributed by atoms with E-state index in [0.717, 1.165) is 17.1 Å². The van der Waals surface area contributed by atoms with Crippen molar-refractivity contribution in [3.8, 4) is 0 Å². The Kier molecular flexibility index (Phi) is 3.29. The van der Waals surface area contributed by atoms with Gasteiger partial charge >= 0.3 is 0 Å². The van der Waals surface area contributed by atoms with Crippen LogP contribution in [0.3, 0.4) is 0 Å². The maximum Gasteiger partial charge on any atom is 0.233 e. The molecule has 0 saturated heterocycles. The maximum atomic E-state index is 11.9. The zero-order valence-corrected chi connectivity index (χ0v) is 9.94. The summed E-state index contributed by atoms with van der Waals surface area (Å²) in [5.74, 6) is -0.462. The van der Waals surface area contributed by atoms with Crippen molar-refractivity contribution < 1.29 is 4.79 Å². The number of aromatic nitrogens is 3. The lowest BCUT2D eigenvalue weighted by molar-refractivity contribution is -0.117. The van der Waals surface area contributed by atoms with Gasteiger partial charge in [0.2, 0.25) is 11.0 Å². The summed E-state index contributed by atoms with van der Waals surface area (Å²) in [5, 5.41) is 10.1. The molecule has 1 atom stereocenters. The molecule has 6 nitrogen and oxygen atoms in total. The van der Waals surface area contributed by atoms with Gasteiger partial charge in [-0.1, -0.05) is 21.7 Å². The number of benzene rings is 1. The van der Waals surface area contributed by atoms with E-state index in [0.29, 0.717) is 10.8 Å². The predicted octanol–water partition coefficient (Wildman–Crippen LogP) is 1.26. The highest BCUT2D eigenvalue weighted by atomic mass is 32.1. The van der Waals surface area contributed by atoms with Crippen molar-refractivity contribution in [1.82, 2.24) is 14.8 Å². The van der Waals surface area contributed by atoms with E-state index in [1.807, 2.05) is 12.1 Å². The predicted molar refractivity (Wildman–Crippen MR) is 65.6 cm³/mol. The molecular weight excluding hydrogens is 238 g/mol. The lowest BCUT2D eigenvalue weighted by atomic mass is 10.00. The number of hydrogen-bond donors (Lipinski definition) is 2. The Morgan fingerprint density at radius 1 is 1.53 bits per heavy atom. The molecule has 0 aliphatic rings. The van der Waals surface area contributed by atoms with Crippen molar-refractivity contribution in [2.75, 3.05) is 11.1 Å². The van der Waals surface area contributed by atoms with Crippen LogP contribution in [0.5, 0.6) is 0 Å². The second-order valence-electron chi connectivity index (χ2n) is 3.55. The summed E-state index contributed by atoms with van der Waals surface area (Å²) >= 11 is 1.04. The summed E-state index contributed by atoms with van der Waals surface area (Å²) in [5.41, 5.74) is 7.17. The average Bonchev–Trinajstić information content (AvgIpc) is 2.80. The van der Waals surface area contributed by atoms with Crippen LogP contribution in [0.1, 0.15) is 18.4 Å². The third kappa shape index (κ3) is 2.76. The highest BCUT2D eigenvalue weighted by Gasteiger charge is 2.16. The van der Waals surface area contributed by atoms with E-state index in [1.54, 1.807) is 19.1 Å². The van der Waals surface area contributed by atoms with Gasteiger partial charge in [-0.3, -0.25) is 10.1 Å². The van der Waals surface area contributed by atoms with Crippen LogP contribution in [0.25, 0.3) is 0 Å². The van der Waals surface area contributed by atoms with Crippen molar-refractivity contribution >= 4 is 28.3 Å². The van der Waals surface area contributed by atoms with Crippen molar-refractivity contribution in [2.24, 2.45) is 0 Å². The molecule has 0 aliphatic carbocycles. The molecule has 7 heteroatoms. The van der Waals surface area contributed by atoms with Crippen LogP contribution < -0.4 is 11.1 Å². The van der Waals surface area contributed by atoms with Crippen LogP contribution in [0.15, 0.2) is 24.3 Å². The first kappa shape index (κ1) is 11.5. The highest BCUT2D eigenvalue weighted by Crippen LogP contribution is 2.19. The Hall–Kier alpha value is -2.02. The van der Waals surface area contributed by atoms with Gasteiger partial charge in [-0.15, -0.1) is 0 Å². The molecule has 3 N–H and O–H groups in total. The monoisotopic (exact) mass is 249 g/mol. The molecule has 0 fully saturated rings. The maximum absolute atomic E-state index is 11.9. The molecule has 0 radical (unpaired) electrons. The first-order valence-electron chi connectivity index (χ1n) is 4.98. The molecule has 2 aromatic rings. The zero-order chi connectivity index (χ0) is 12.3. The van der Waals surface area contributed by atoms with E-state index in [1.165, 1.54) is 0 Å². The standard InChI is InChI=1S/C10H11N5OS/c1-6(7-3-2-4-8(11)5-7)9(16)12-10-13-14-15-17-10/h2-6H,11H2,1H3,(H,12,13,15,16). The minimum atomic E-state index is -0.303. The molecule has 1 aromatic heterocycles. The summed E-state index contributed by atoms with van der Waals surface area (Å²) in [6, 6.07) is 7.24. The fraction of sp³-hybridized carbons (Fsp3) is 0.200. The van der Waals surface area contributed by atoms with Crippen molar-refractivity contribution in [3.63, 3.8) is 0 Å². The van der Waals surface area contributed by atoms with Crippen LogP contribution in [0.4, 0.5) is 10.8 Å². The molecule has 17 heavy (non-hydrogen) atoms. The quantitative estimate of drug-likeness (QED) is 0.798. The number of nitrogens with two attached hydrogens (primary N) is 1. The van der Waals surface area contributed by atoms with Gasteiger partial charge in [0, 0.05) is 17.2 Å². The second kappa shape index (κ2) is 4.88. The number of nitrogens with zero attached hydrogens (tertiary/aromatic N) is 3. The topological polar surface area (TPSA) is 93.8 Å². The van der Waals surface area contributed by atoms with Gasteiger partial charge in [-0.05, 0) is 29.8 Å². The van der Waals surface area contributed by atoms with E-state index in [2.05, 4.69) is 20.1 Å². The van der Waals surface area contributed by atoms with Gasteiger partial charge in [0.05, 0.1) is 5.92 Å². The first-order valence-corrected chi connectivity index (χ1v) is 5.75. The molecule has 1 aromatic carbocycles. The van der Waals surface area contributed by atoms with E-state index in [4.69, 9.17) is 5.73 Å². The third-order valence-corrected chi connectivity index (χ3v) is 2.84. The third-order valence-electron chi connectivity index (χ3n) is 2.33. The number of carbonyl (C=O) groups excluding carboxylic acids is 1. The van der Waals surface area contributed by atoms with Gasteiger partial charge in [0.1, 0.15) is 0 Å². The molecule has 2 rings (SSSR count). The van der Waals surface area contributed by atoms with Crippen LogP contribution in [-0.4, -0.2) is 20.7 Å². The fourth-order valence-electron chi connectivity index (χ4n) is 1.38. The van der Waals surface area contributed by atoms with Crippen molar-refractivity contribution in [2.45, 2.75) is 12.8 Å². The molecule has 0 spiro atoms. The fourth-order valence-corrected chi connectivity index (χ4v) is 1.74. The molecule has 1 amide bonds. The molecular formula is C10H11N5OS. The number of nitrogen functional groups attached to an aromatic ring is 1. The smallest absolute Gasteiger partial charge is 0.233 e. The molecule has 0 aliphatic heterocycles. The van der Waals surface area contributed by atoms with Gasteiger partial charge < -0.3 is 5.73 Å². The zero-order valence-electron chi connectivity index (χ0n) is 9.12. The first-order chi connectivity index (χ1) is 8.16. The van der Waals surface area contributed by atoms with E-state index in [-0.39, 0.29) is 11.8 Å². The average molecular weight is 249 g/mol. The van der Waals surface area contributed by atoms with E-state index < -0.39 is 0 Å². The second-order valence-corrected chi connectivity index (χ2v) is 4.28. The van der Waals surface area contributed by atoms with Crippen molar-refractivity contribution in [1.29, 1.82) is 0 Å². The van der Waals surface area contributed by atoms with Crippen LogP contribution >= 0.6 is 11.5 Å². The number of carbonyl (C=O) groups is 1. The van der Waals surface area contributed by atoms with Gasteiger partial charge in [-0.2, -0.15) is 0 Å². The van der Waals surface area contributed by atoms with Crippen LogP contribution in [0, 0.1) is 0 Å². The molecule has 0 saturated carbocycles. The molecule has 88 valence electrons. The Labute approximate surface area is 102 Å². The Bertz CT molecular complexity index is 513. The molecule has 0 bridgehead atoms. The van der Waals surface area contributed by atoms with Gasteiger partial charge in [-0.25, -0.2) is 0 Å². The minimum absolute atomic E-state index is 0.158. The molecule has 1 unspecified atom stereocenters. The minimum Gasteiger partial charge on any atom is -0.399 e. The summed E-state index contributed by atoms with van der Waals surface area (Å²) in [7, 11) is 0. The Morgan fingerprint density at radius 3 is 3.00 bits per heavy atom.